The van der Waals surface area contributed by atoms with E-state index in [-0.39, 0.29) is 11.8 Å². The zero-order chi connectivity index (χ0) is 19.8. The van der Waals surface area contributed by atoms with Crippen molar-refractivity contribution in [2.75, 3.05) is 7.05 Å². The fourth-order valence-corrected chi connectivity index (χ4v) is 4.31. The summed E-state index contributed by atoms with van der Waals surface area (Å²) >= 11 is 3.52. The number of carbonyl (C=O) groups excluding carboxylic acids is 1. The number of aromatic nitrogens is 2. The molecule has 3 aromatic rings. The predicted octanol–water partition coefficient (Wildman–Crippen LogP) is 5.01. The number of rotatable bonds is 5. The van der Waals surface area contributed by atoms with E-state index < -0.39 is 0 Å². The lowest BCUT2D eigenvalue weighted by molar-refractivity contribution is -0.131. The van der Waals surface area contributed by atoms with Gasteiger partial charge in [-0.05, 0) is 56.0 Å². The maximum absolute atomic E-state index is 13.0. The number of halogens is 1. The first-order valence-electron chi connectivity index (χ1n) is 9.56. The zero-order valence-corrected chi connectivity index (χ0v) is 18.0. The highest BCUT2D eigenvalue weighted by Gasteiger charge is 2.45. The van der Waals surface area contributed by atoms with Gasteiger partial charge in [0.05, 0.1) is 11.4 Å². The maximum atomic E-state index is 13.0. The van der Waals surface area contributed by atoms with E-state index in [1.807, 2.05) is 66.0 Å². The van der Waals surface area contributed by atoms with Crippen molar-refractivity contribution in [3.8, 4) is 5.69 Å². The largest absolute Gasteiger partial charge is 0.341 e. The number of carbonyl (C=O) groups is 1. The van der Waals surface area contributed by atoms with Gasteiger partial charge in [0, 0.05) is 35.2 Å². The second kappa shape index (κ2) is 7.55. The quantitative estimate of drug-likeness (QED) is 0.562. The van der Waals surface area contributed by atoms with Gasteiger partial charge in [0.25, 0.3) is 0 Å². The normalized spacial score (nSPS) is 18.1. The highest BCUT2D eigenvalue weighted by atomic mass is 79.9. The van der Waals surface area contributed by atoms with Crippen molar-refractivity contribution in [1.82, 2.24) is 14.7 Å². The molecule has 5 heteroatoms. The van der Waals surface area contributed by atoms with Crippen LogP contribution in [-0.4, -0.2) is 27.6 Å². The Labute approximate surface area is 174 Å². The minimum Gasteiger partial charge on any atom is -0.341 e. The molecule has 0 radical (unpaired) electrons. The van der Waals surface area contributed by atoms with Crippen LogP contribution in [0.1, 0.15) is 34.9 Å². The summed E-state index contributed by atoms with van der Waals surface area (Å²) in [7, 11) is 1.90. The number of benzene rings is 2. The van der Waals surface area contributed by atoms with E-state index in [9.17, 15) is 4.79 Å². The summed E-state index contributed by atoms with van der Waals surface area (Å²) < 4.78 is 3.03. The van der Waals surface area contributed by atoms with Gasteiger partial charge >= 0.3 is 0 Å². The molecule has 144 valence electrons. The van der Waals surface area contributed by atoms with E-state index in [4.69, 9.17) is 5.10 Å². The molecule has 0 N–H and O–H groups in total. The standard InChI is InChI=1S/C23H24BrN3O/c1-15-22(16(2)27(25-15)19-10-5-4-6-11-19)14-26(3)23(28)21-13-20(21)17-8-7-9-18(24)12-17/h4-12,20-21H,13-14H2,1-3H3. The molecule has 4 rings (SSSR count). The SMILES string of the molecule is Cc1nn(-c2ccccc2)c(C)c1CN(C)C(=O)C1CC1c1cccc(Br)c1. The summed E-state index contributed by atoms with van der Waals surface area (Å²) in [5, 5.41) is 4.70. The summed E-state index contributed by atoms with van der Waals surface area (Å²) in [6.07, 6.45) is 0.931. The predicted molar refractivity (Wildman–Crippen MR) is 115 cm³/mol. The average Bonchev–Trinajstić information content (AvgIpc) is 3.45. The van der Waals surface area contributed by atoms with E-state index in [2.05, 4.69) is 35.0 Å². The molecule has 1 aliphatic rings. The van der Waals surface area contributed by atoms with Gasteiger partial charge in [-0.15, -0.1) is 0 Å². The molecule has 1 aliphatic carbocycles. The average molecular weight is 438 g/mol. The van der Waals surface area contributed by atoms with E-state index >= 15 is 0 Å². The number of para-hydroxylation sites is 1. The summed E-state index contributed by atoms with van der Waals surface area (Å²) in [5.74, 6) is 0.641. The van der Waals surface area contributed by atoms with E-state index in [0.717, 1.165) is 33.5 Å². The van der Waals surface area contributed by atoms with E-state index in [1.165, 1.54) is 5.56 Å². The van der Waals surface area contributed by atoms with Crippen LogP contribution in [0.2, 0.25) is 0 Å². The van der Waals surface area contributed by atoms with Gasteiger partial charge in [0.1, 0.15) is 0 Å². The molecular weight excluding hydrogens is 414 g/mol. The Bertz CT molecular complexity index is 1010. The molecule has 1 heterocycles. The van der Waals surface area contributed by atoms with Crippen LogP contribution in [0.3, 0.4) is 0 Å². The third-order valence-corrected chi connectivity index (χ3v) is 6.09. The summed E-state index contributed by atoms with van der Waals surface area (Å²) in [6.45, 7) is 4.68. The molecule has 0 bridgehead atoms. The fourth-order valence-electron chi connectivity index (χ4n) is 3.90. The van der Waals surface area contributed by atoms with Gasteiger partial charge in [0.2, 0.25) is 5.91 Å². The molecule has 1 amide bonds. The van der Waals surface area contributed by atoms with Gasteiger partial charge in [-0.2, -0.15) is 5.10 Å². The lowest BCUT2D eigenvalue weighted by Gasteiger charge is -2.18. The Morgan fingerprint density at radius 1 is 1.18 bits per heavy atom. The lowest BCUT2D eigenvalue weighted by atomic mass is 10.1. The second-order valence-corrected chi connectivity index (χ2v) is 8.51. The van der Waals surface area contributed by atoms with Crippen LogP contribution in [-0.2, 0) is 11.3 Å². The molecule has 2 unspecified atom stereocenters. The summed E-state index contributed by atoms with van der Waals surface area (Å²) in [5.41, 5.74) is 5.47. The number of hydrogen-bond acceptors (Lipinski definition) is 2. The van der Waals surface area contributed by atoms with Gasteiger partial charge in [0.15, 0.2) is 0 Å². The molecule has 1 saturated carbocycles. The molecular formula is C23H24BrN3O. The van der Waals surface area contributed by atoms with Crippen LogP contribution in [0.4, 0.5) is 0 Å². The molecule has 2 atom stereocenters. The van der Waals surface area contributed by atoms with Crippen LogP contribution in [0, 0.1) is 19.8 Å². The van der Waals surface area contributed by atoms with Crippen molar-refractivity contribution in [3.63, 3.8) is 0 Å². The number of aryl methyl sites for hydroxylation is 1. The number of hydrogen-bond donors (Lipinski definition) is 0. The van der Waals surface area contributed by atoms with Crippen LogP contribution in [0.25, 0.3) is 5.69 Å². The minimum atomic E-state index is 0.0871. The van der Waals surface area contributed by atoms with Crippen LogP contribution in [0.15, 0.2) is 59.1 Å². The van der Waals surface area contributed by atoms with Crippen LogP contribution in [0.5, 0.6) is 0 Å². The molecule has 2 aromatic carbocycles. The van der Waals surface area contributed by atoms with E-state index in [1.54, 1.807) is 0 Å². The fraction of sp³-hybridized carbons (Fsp3) is 0.304. The lowest BCUT2D eigenvalue weighted by Crippen LogP contribution is -2.28. The van der Waals surface area contributed by atoms with Crippen molar-refractivity contribution in [2.45, 2.75) is 32.7 Å². The second-order valence-electron chi connectivity index (χ2n) is 7.59. The Balaban J connectivity index is 1.48. The topological polar surface area (TPSA) is 38.1 Å². The van der Waals surface area contributed by atoms with Crippen molar-refractivity contribution in [1.29, 1.82) is 0 Å². The first-order valence-corrected chi connectivity index (χ1v) is 10.4. The Kier molecular flexibility index (Phi) is 5.11. The zero-order valence-electron chi connectivity index (χ0n) is 16.4. The highest BCUT2D eigenvalue weighted by Crippen LogP contribution is 2.48. The minimum absolute atomic E-state index is 0.0871. The molecule has 0 saturated heterocycles. The van der Waals surface area contributed by atoms with Gasteiger partial charge in [-0.1, -0.05) is 46.3 Å². The van der Waals surface area contributed by atoms with Crippen LogP contribution < -0.4 is 0 Å². The Morgan fingerprint density at radius 3 is 2.64 bits per heavy atom. The number of amides is 1. The van der Waals surface area contributed by atoms with Gasteiger partial charge in [-0.3, -0.25) is 4.79 Å². The van der Waals surface area contributed by atoms with Gasteiger partial charge in [-0.25, -0.2) is 4.68 Å². The van der Waals surface area contributed by atoms with Crippen molar-refractivity contribution in [2.24, 2.45) is 5.92 Å². The molecule has 1 fully saturated rings. The maximum Gasteiger partial charge on any atom is 0.226 e. The molecule has 1 aromatic heterocycles. The monoisotopic (exact) mass is 437 g/mol. The van der Waals surface area contributed by atoms with Crippen LogP contribution >= 0.6 is 15.9 Å². The summed E-state index contributed by atoms with van der Waals surface area (Å²) in [6, 6.07) is 18.4. The first kappa shape index (κ1) is 18.9. The Morgan fingerprint density at radius 2 is 1.93 bits per heavy atom. The third kappa shape index (κ3) is 3.63. The molecule has 28 heavy (non-hydrogen) atoms. The van der Waals surface area contributed by atoms with Crippen molar-refractivity contribution >= 4 is 21.8 Å². The third-order valence-electron chi connectivity index (χ3n) is 5.60. The highest BCUT2D eigenvalue weighted by molar-refractivity contribution is 9.10. The molecule has 0 spiro atoms. The van der Waals surface area contributed by atoms with Crippen molar-refractivity contribution in [3.05, 3.63) is 81.6 Å². The molecule has 4 nitrogen and oxygen atoms in total. The first-order chi connectivity index (χ1) is 13.5. The van der Waals surface area contributed by atoms with Gasteiger partial charge < -0.3 is 4.90 Å². The Hall–Kier alpha value is -2.40. The van der Waals surface area contributed by atoms with E-state index in [0.29, 0.717) is 12.5 Å². The number of nitrogens with zero attached hydrogens (tertiary/aromatic N) is 3. The summed E-state index contributed by atoms with van der Waals surface area (Å²) in [4.78, 5) is 14.8. The van der Waals surface area contributed by atoms with Crippen molar-refractivity contribution < 1.29 is 4.79 Å². The smallest absolute Gasteiger partial charge is 0.226 e. The molecule has 0 aliphatic heterocycles.